The van der Waals surface area contributed by atoms with Gasteiger partial charge in [-0.25, -0.2) is 0 Å². The van der Waals surface area contributed by atoms with E-state index in [1.807, 2.05) is 0 Å². The standard InChI is InChI=1S/C18H19ClN2O3/c1-20-18(23)13-8-6-12(7-9-13)11-21-17(22)10-14-15(19)4-3-5-16(14)24-2/h3-9H,10-11H2,1-2H3,(H,20,23)(H,21,22). The Morgan fingerprint density at radius 2 is 1.83 bits per heavy atom. The highest BCUT2D eigenvalue weighted by atomic mass is 35.5. The van der Waals surface area contributed by atoms with E-state index in [9.17, 15) is 9.59 Å². The van der Waals surface area contributed by atoms with Crippen molar-refractivity contribution in [3.63, 3.8) is 0 Å². The van der Waals surface area contributed by atoms with Gasteiger partial charge in [-0.15, -0.1) is 0 Å². The maximum atomic E-state index is 12.1. The van der Waals surface area contributed by atoms with Gasteiger partial charge in [0.05, 0.1) is 13.5 Å². The third-order valence-corrected chi connectivity index (χ3v) is 3.92. The molecular formula is C18H19ClN2O3. The Hall–Kier alpha value is -2.53. The van der Waals surface area contributed by atoms with Crippen molar-refractivity contribution in [2.24, 2.45) is 0 Å². The van der Waals surface area contributed by atoms with Gasteiger partial charge in [0.15, 0.2) is 0 Å². The zero-order chi connectivity index (χ0) is 17.5. The number of carbonyl (C=O) groups is 2. The summed E-state index contributed by atoms with van der Waals surface area (Å²) in [6, 6.07) is 12.3. The summed E-state index contributed by atoms with van der Waals surface area (Å²) < 4.78 is 5.23. The summed E-state index contributed by atoms with van der Waals surface area (Å²) in [6.45, 7) is 0.375. The van der Waals surface area contributed by atoms with Crippen molar-refractivity contribution < 1.29 is 14.3 Å². The van der Waals surface area contributed by atoms with E-state index in [-0.39, 0.29) is 18.2 Å². The lowest BCUT2D eigenvalue weighted by molar-refractivity contribution is -0.120. The molecule has 24 heavy (non-hydrogen) atoms. The quantitative estimate of drug-likeness (QED) is 0.844. The maximum absolute atomic E-state index is 12.1. The Morgan fingerprint density at radius 3 is 2.46 bits per heavy atom. The number of hydrogen-bond acceptors (Lipinski definition) is 3. The number of hydrogen-bond donors (Lipinski definition) is 2. The molecule has 2 rings (SSSR count). The topological polar surface area (TPSA) is 67.4 Å². The summed E-state index contributed by atoms with van der Waals surface area (Å²) in [4.78, 5) is 23.6. The van der Waals surface area contributed by atoms with Crippen molar-refractivity contribution in [2.45, 2.75) is 13.0 Å². The number of amides is 2. The predicted molar refractivity (Wildman–Crippen MR) is 93.4 cm³/mol. The number of nitrogens with one attached hydrogen (secondary N) is 2. The number of benzene rings is 2. The molecule has 0 spiro atoms. The molecule has 0 saturated heterocycles. The van der Waals surface area contributed by atoms with Crippen molar-refractivity contribution in [2.75, 3.05) is 14.2 Å². The van der Waals surface area contributed by atoms with Crippen LogP contribution in [0.2, 0.25) is 5.02 Å². The number of methoxy groups -OCH3 is 1. The van der Waals surface area contributed by atoms with Gasteiger partial charge in [0.2, 0.25) is 5.91 Å². The Bertz CT molecular complexity index is 730. The van der Waals surface area contributed by atoms with E-state index in [0.29, 0.717) is 28.4 Å². The number of ether oxygens (including phenoxy) is 1. The Balaban J connectivity index is 1.95. The second-order valence-electron chi connectivity index (χ2n) is 5.15. The van der Waals surface area contributed by atoms with Crippen LogP contribution in [0.5, 0.6) is 5.75 Å². The first-order valence-electron chi connectivity index (χ1n) is 7.44. The summed E-state index contributed by atoms with van der Waals surface area (Å²) in [6.07, 6.45) is 0.138. The summed E-state index contributed by atoms with van der Waals surface area (Å²) in [7, 11) is 3.13. The highest BCUT2D eigenvalue weighted by Gasteiger charge is 2.12. The number of halogens is 1. The monoisotopic (exact) mass is 346 g/mol. The van der Waals surface area contributed by atoms with Crippen LogP contribution in [0.4, 0.5) is 0 Å². The molecule has 2 N–H and O–H groups in total. The Labute approximate surface area is 146 Å². The van der Waals surface area contributed by atoms with Gasteiger partial charge < -0.3 is 15.4 Å². The molecular weight excluding hydrogens is 328 g/mol. The van der Waals surface area contributed by atoms with Crippen molar-refractivity contribution >= 4 is 23.4 Å². The molecule has 0 radical (unpaired) electrons. The smallest absolute Gasteiger partial charge is 0.251 e. The molecule has 0 fully saturated rings. The summed E-state index contributed by atoms with van der Waals surface area (Å²) in [5.74, 6) is 0.292. The zero-order valence-corrected chi connectivity index (χ0v) is 14.3. The lowest BCUT2D eigenvalue weighted by Gasteiger charge is -2.11. The summed E-state index contributed by atoms with van der Waals surface area (Å²) in [5, 5.41) is 5.90. The van der Waals surface area contributed by atoms with Crippen LogP contribution < -0.4 is 15.4 Å². The molecule has 0 heterocycles. The van der Waals surface area contributed by atoms with Crippen LogP contribution in [0.3, 0.4) is 0 Å². The fourth-order valence-corrected chi connectivity index (χ4v) is 2.48. The Kier molecular flexibility index (Phi) is 6.21. The molecule has 0 aromatic heterocycles. The second kappa shape index (κ2) is 8.36. The van der Waals surface area contributed by atoms with E-state index in [4.69, 9.17) is 16.3 Å². The van der Waals surface area contributed by atoms with Crippen molar-refractivity contribution in [1.82, 2.24) is 10.6 Å². The van der Waals surface area contributed by atoms with Gasteiger partial charge in [-0.1, -0.05) is 29.8 Å². The molecule has 0 aliphatic heterocycles. The normalized spacial score (nSPS) is 10.1. The van der Waals surface area contributed by atoms with Gasteiger partial charge in [-0.05, 0) is 29.8 Å². The Morgan fingerprint density at radius 1 is 1.12 bits per heavy atom. The molecule has 0 bridgehead atoms. The average Bonchev–Trinajstić information content (AvgIpc) is 2.61. The van der Waals surface area contributed by atoms with Crippen LogP contribution in [0.25, 0.3) is 0 Å². The highest BCUT2D eigenvalue weighted by Crippen LogP contribution is 2.26. The number of carbonyl (C=O) groups excluding carboxylic acids is 2. The van der Waals surface area contributed by atoms with Crippen LogP contribution in [0.15, 0.2) is 42.5 Å². The first kappa shape index (κ1) is 17.8. The first-order valence-corrected chi connectivity index (χ1v) is 7.82. The molecule has 5 nitrogen and oxygen atoms in total. The third-order valence-electron chi connectivity index (χ3n) is 3.57. The molecule has 126 valence electrons. The molecule has 2 aromatic carbocycles. The molecule has 2 amide bonds. The van der Waals surface area contributed by atoms with Crippen LogP contribution in [0.1, 0.15) is 21.5 Å². The molecule has 2 aromatic rings. The number of rotatable bonds is 6. The van der Waals surface area contributed by atoms with Gasteiger partial charge in [0.1, 0.15) is 5.75 Å². The minimum Gasteiger partial charge on any atom is -0.496 e. The van der Waals surface area contributed by atoms with E-state index in [0.717, 1.165) is 5.56 Å². The van der Waals surface area contributed by atoms with E-state index in [1.165, 1.54) is 0 Å². The minimum absolute atomic E-state index is 0.138. The summed E-state index contributed by atoms with van der Waals surface area (Å²) >= 11 is 6.13. The molecule has 0 aliphatic carbocycles. The zero-order valence-electron chi connectivity index (χ0n) is 13.6. The SMILES string of the molecule is CNC(=O)c1ccc(CNC(=O)Cc2c(Cl)cccc2OC)cc1. The summed E-state index contributed by atoms with van der Waals surface area (Å²) in [5.41, 5.74) is 2.14. The predicted octanol–water partition coefficient (Wildman–Crippen LogP) is 2.57. The first-order chi connectivity index (χ1) is 11.5. The fourth-order valence-electron chi connectivity index (χ4n) is 2.24. The van der Waals surface area contributed by atoms with E-state index in [2.05, 4.69) is 10.6 Å². The largest absolute Gasteiger partial charge is 0.496 e. The van der Waals surface area contributed by atoms with E-state index in [1.54, 1.807) is 56.6 Å². The van der Waals surface area contributed by atoms with Crippen LogP contribution in [-0.2, 0) is 17.8 Å². The lowest BCUT2D eigenvalue weighted by Crippen LogP contribution is -2.25. The van der Waals surface area contributed by atoms with Crippen molar-refractivity contribution in [1.29, 1.82) is 0 Å². The van der Waals surface area contributed by atoms with Gasteiger partial charge >= 0.3 is 0 Å². The molecule has 0 saturated carbocycles. The van der Waals surface area contributed by atoms with E-state index < -0.39 is 0 Å². The highest BCUT2D eigenvalue weighted by molar-refractivity contribution is 6.31. The van der Waals surface area contributed by atoms with E-state index >= 15 is 0 Å². The minimum atomic E-state index is -0.156. The van der Waals surface area contributed by atoms with Gasteiger partial charge in [-0.2, -0.15) is 0 Å². The third kappa shape index (κ3) is 4.49. The average molecular weight is 347 g/mol. The molecule has 0 atom stereocenters. The second-order valence-corrected chi connectivity index (χ2v) is 5.56. The van der Waals surface area contributed by atoms with Crippen LogP contribution in [0, 0.1) is 0 Å². The van der Waals surface area contributed by atoms with Crippen LogP contribution in [-0.4, -0.2) is 26.0 Å². The fraction of sp³-hybridized carbons (Fsp3) is 0.222. The van der Waals surface area contributed by atoms with Crippen molar-refractivity contribution in [3.8, 4) is 5.75 Å². The van der Waals surface area contributed by atoms with Gasteiger partial charge in [-0.3, -0.25) is 9.59 Å². The van der Waals surface area contributed by atoms with Crippen LogP contribution >= 0.6 is 11.6 Å². The lowest BCUT2D eigenvalue weighted by atomic mass is 10.1. The maximum Gasteiger partial charge on any atom is 0.251 e. The van der Waals surface area contributed by atoms with Gasteiger partial charge in [0, 0.05) is 29.7 Å². The van der Waals surface area contributed by atoms with Crippen molar-refractivity contribution in [3.05, 3.63) is 64.2 Å². The molecule has 0 aliphatic rings. The molecule has 6 heteroatoms. The molecule has 0 unspecified atom stereocenters. The van der Waals surface area contributed by atoms with Gasteiger partial charge in [0.25, 0.3) is 5.91 Å².